The van der Waals surface area contributed by atoms with E-state index in [1.807, 2.05) is 11.4 Å². The zero-order valence-electron chi connectivity index (χ0n) is 19.5. The molecule has 2 aromatic heterocycles. The molecule has 0 saturated carbocycles. The van der Waals surface area contributed by atoms with E-state index in [1.165, 1.54) is 18.2 Å². The molecule has 4 rings (SSSR count). The highest BCUT2D eigenvalue weighted by Crippen LogP contribution is 2.26. The Kier molecular flexibility index (Phi) is 7.58. The molecule has 0 aliphatic rings. The number of ether oxygens (including phenoxy) is 1. The van der Waals surface area contributed by atoms with Gasteiger partial charge in [0, 0.05) is 11.5 Å². The Balaban J connectivity index is 1.66. The zero-order chi connectivity index (χ0) is 27.4. The van der Waals surface area contributed by atoms with E-state index < -0.39 is 50.1 Å². The van der Waals surface area contributed by atoms with Gasteiger partial charge in [-0.15, -0.1) is 0 Å². The number of benzene rings is 2. The minimum Gasteiger partial charge on any atom is -0.486 e. The molecular weight excluding hydrogens is 512 g/mol. The molecule has 3 N–H and O–H groups in total. The summed E-state index contributed by atoms with van der Waals surface area (Å²) < 4.78 is 57.5. The first-order valence-electron chi connectivity index (χ1n) is 11.2. The number of halogens is 4. The summed E-state index contributed by atoms with van der Waals surface area (Å²) in [6, 6.07) is 11.1. The van der Waals surface area contributed by atoms with Crippen molar-refractivity contribution >= 4 is 27.7 Å². The average molecular weight is 532 g/mol. The molecule has 0 radical (unpaired) electrons. The molecule has 0 aliphatic heterocycles. The lowest BCUT2D eigenvalue weighted by Gasteiger charge is -2.14. The number of nitrogens with zero attached hydrogens (tertiary/aromatic N) is 4. The SMILES string of the molecule is N#Cc1cc2[nH]c(Cc3nn(CC(=O)NCC(F)(F)CO)c(=O)c4ccccc34)nc2cc1OCC(F)F. The quantitative estimate of drug-likeness (QED) is 0.265. The van der Waals surface area contributed by atoms with Crippen LogP contribution in [0.1, 0.15) is 17.1 Å². The lowest BCUT2D eigenvalue weighted by molar-refractivity contribution is -0.124. The number of hydrogen-bond acceptors (Lipinski definition) is 7. The number of rotatable bonds is 10. The minimum atomic E-state index is -3.51. The number of H-pyrrole nitrogens is 1. The molecule has 0 bridgehead atoms. The van der Waals surface area contributed by atoms with Crippen LogP contribution in [-0.4, -0.2) is 62.9 Å². The predicted octanol–water partition coefficient (Wildman–Crippen LogP) is 2.12. The number of nitrogens with one attached hydrogen (secondary N) is 2. The maximum Gasteiger partial charge on any atom is 0.287 e. The lowest BCUT2D eigenvalue weighted by atomic mass is 10.1. The maximum atomic E-state index is 13.3. The Bertz CT molecular complexity index is 1590. The third kappa shape index (κ3) is 5.89. The van der Waals surface area contributed by atoms with Gasteiger partial charge < -0.3 is 20.1 Å². The van der Waals surface area contributed by atoms with E-state index in [4.69, 9.17) is 9.84 Å². The van der Waals surface area contributed by atoms with E-state index in [9.17, 15) is 32.4 Å². The Labute approximate surface area is 211 Å². The fraction of sp³-hybridized carbons (Fsp3) is 0.292. The first kappa shape index (κ1) is 26.6. The van der Waals surface area contributed by atoms with Crippen molar-refractivity contribution < 1.29 is 32.2 Å². The molecule has 0 atom stereocenters. The van der Waals surface area contributed by atoms with Crippen LogP contribution < -0.4 is 15.6 Å². The normalized spacial score (nSPS) is 11.7. The summed E-state index contributed by atoms with van der Waals surface area (Å²) in [6.45, 7) is -4.09. The number of alkyl halides is 4. The van der Waals surface area contributed by atoms with Gasteiger partial charge in [0.15, 0.2) is 0 Å². The van der Waals surface area contributed by atoms with Crippen LogP contribution in [-0.2, 0) is 17.8 Å². The number of aliphatic hydroxyl groups excluding tert-OH is 1. The minimum absolute atomic E-state index is 0.0308. The van der Waals surface area contributed by atoms with Crippen LogP contribution >= 0.6 is 0 Å². The molecule has 10 nitrogen and oxygen atoms in total. The van der Waals surface area contributed by atoms with Gasteiger partial charge in [-0.3, -0.25) is 9.59 Å². The summed E-state index contributed by atoms with van der Waals surface area (Å²) >= 11 is 0. The van der Waals surface area contributed by atoms with Crippen LogP contribution in [0.15, 0.2) is 41.2 Å². The van der Waals surface area contributed by atoms with Crippen LogP contribution in [0.5, 0.6) is 5.75 Å². The summed E-state index contributed by atoms with van der Waals surface area (Å²) in [5, 5.41) is 24.9. The van der Waals surface area contributed by atoms with Gasteiger partial charge in [-0.25, -0.2) is 27.2 Å². The van der Waals surface area contributed by atoms with Crippen molar-refractivity contribution in [1.29, 1.82) is 5.26 Å². The van der Waals surface area contributed by atoms with Crippen LogP contribution in [0.25, 0.3) is 21.8 Å². The Morgan fingerprint density at radius 1 is 1.26 bits per heavy atom. The second-order valence-electron chi connectivity index (χ2n) is 8.29. The number of hydrogen-bond donors (Lipinski definition) is 3. The number of aromatic nitrogens is 4. The first-order valence-corrected chi connectivity index (χ1v) is 11.2. The number of aliphatic hydroxyl groups is 1. The highest BCUT2D eigenvalue weighted by Gasteiger charge is 2.28. The first-order chi connectivity index (χ1) is 18.1. The van der Waals surface area contributed by atoms with E-state index in [2.05, 4.69) is 15.1 Å². The molecule has 0 fully saturated rings. The molecule has 2 aromatic carbocycles. The Morgan fingerprint density at radius 2 is 2.00 bits per heavy atom. The molecule has 0 unspecified atom stereocenters. The largest absolute Gasteiger partial charge is 0.486 e. The summed E-state index contributed by atoms with van der Waals surface area (Å²) in [4.78, 5) is 32.5. The number of imidazole rings is 1. The van der Waals surface area contributed by atoms with E-state index in [-0.39, 0.29) is 23.1 Å². The van der Waals surface area contributed by atoms with E-state index >= 15 is 0 Å². The van der Waals surface area contributed by atoms with Crippen molar-refractivity contribution in [1.82, 2.24) is 25.1 Å². The number of amides is 1. The number of carbonyl (C=O) groups excluding carboxylic acids is 1. The van der Waals surface area contributed by atoms with Crippen molar-refractivity contribution in [2.45, 2.75) is 25.3 Å². The summed E-state index contributed by atoms with van der Waals surface area (Å²) in [5.74, 6) is -4.12. The molecule has 38 heavy (non-hydrogen) atoms. The monoisotopic (exact) mass is 532 g/mol. The van der Waals surface area contributed by atoms with Gasteiger partial charge >= 0.3 is 0 Å². The number of fused-ring (bicyclic) bond motifs is 2. The predicted molar refractivity (Wildman–Crippen MR) is 126 cm³/mol. The molecule has 0 aliphatic carbocycles. The van der Waals surface area contributed by atoms with Gasteiger partial charge in [-0.05, 0) is 12.1 Å². The number of carbonyl (C=O) groups is 1. The van der Waals surface area contributed by atoms with Crippen molar-refractivity contribution in [3.8, 4) is 11.8 Å². The Hall–Kier alpha value is -4.51. The van der Waals surface area contributed by atoms with Crippen LogP contribution in [0.4, 0.5) is 17.6 Å². The number of nitriles is 1. The number of aromatic amines is 1. The van der Waals surface area contributed by atoms with Gasteiger partial charge in [0.25, 0.3) is 17.9 Å². The fourth-order valence-electron chi connectivity index (χ4n) is 3.71. The van der Waals surface area contributed by atoms with Crippen molar-refractivity contribution in [2.24, 2.45) is 0 Å². The third-order valence-electron chi connectivity index (χ3n) is 5.47. The maximum absolute atomic E-state index is 13.3. The second-order valence-corrected chi connectivity index (χ2v) is 8.29. The smallest absolute Gasteiger partial charge is 0.287 e. The second kappa shape index (κ2) is 10.9. The van der Waals surface area contributed by atoms with Crippen LogP contribution in [0.3, 0.4) is 0 Å². The molecule has 2 heterocycles. The van der Waals surface area contributed by atoms with Gasteiger partial charge in [0.1, 0.15) is 37.4 Å². The summed E-state index contributed by atoms with van der Waals surface area (Å²) in [6.07, 6.45) is -2.69. The molecule has 0 saturated heterocycles. The van der Waals surface area contributed by atoms with E-state index in [0.717, 1.165) is 4.68 Å². The average Bonchev–Trinajstić information content (AvgIpc) is 3.29. The molecule has 1 amide bonds. The van der Waals surface area contributed by atoms with Crippen LogP contribution in [0.2, 0.25) is 0 Å². The topological polar surface area (TPSA) is 146 Å². The van der Waals surface area contributed by atoms with Crippen LogP contribution in [0, 0.1) is 11.3 Å². The molecular formula is C24H20F4N6O4. The van der Waals surface area contributed by atoms with Crippen molar-refractivity contribution in [3.63, 3.8) is 0 Å². The fourth-order valence-corrected chi connectivity index (χ4v) is 3.71. The summed E-state index contributed by atoms with van der Waals surface area (Å²) in [5.41, 5.74) is 0.524. The summed E-state index contributed by atoms with van der Waals surface area (Å²) in [7, 11) is 0. The molecule has 14 heteroatoms. The highest BCUT2D eigenvalue weighted by molar-refractivity contribution is 5.85. The van der Waals surface area contributed by atoms with E-state index in [1.54, 1.807) is 18.2 Å². The van der Waals surface area contributed by atoms with Crippen molar-refractivity contribution in [3.05, 3.63) is 63.8 Å². The lowest BCUT2D eigenvalue weighted by Crippen LogP contribution is -2.41. The zero-order valence-corrected chi connectivity index (χ0v) is 19.5. The standard InChI is InChI=1S/C24H20F4N6O4/c25-20(26)10-38-19-6-18-17(5-13(19)8-29)31-21(32-18)7-16-14-3-1-2-4-15(14)23(37)34(33-16)9-22(36)30-11-24(27,28)12-35/h1-6,20,35H,7,9-12H2,(H,30,36)(H,31,32). The molecule has 0 spiro atoms. The third-order valence-corrected chi connectivity index (χ3v) is 5.47. The Morgan fingerprint density at radius 3 is 2.68 bits per heavy atom. The van der Waals surface area contributed by atoms with Gasteiger partial charge in [-0.2, -0.15) is 10.4 Å². The molecule has 198 valence electrons. The van der Waals surface area contributed by atoms with Crippen molar-refractivity contribution in [2.75, 3.05) is 19.8 Å². The highest BCUT2D eigenvalue weighted by atomic mass is 19.3. The van der Waals surface area contributed by atoms with E-state index in [0.29, 0.717) is 27.9 Å². The van der Waals surface area contributed by atoms with Gasteiger partial charge in [0.05, 0.1) is 40.6 Å². The van der Waals surface area contributed by atoms with Gasteiger partial charge in [0.2, 0.25) is 5.91 Å². The van der Waals surface area contributed by atoms with Gasteiger partial charge in [-0.1, -0.05) is 18.2 Å². The molecule has 4 aromatic rings.